The molecule has 0 bridgehead atoms. The van der Waals surface area contributed by atoms with Gasteiger partial charge in [0.05, 0.1) is 0 Å². The first-order valence-corrected chi connectivity index (χ1v) is 5.99. The number of hydrogen-bond acceptors (Lipinski definition) is 3. The van der Waals surface area contributed by atoms with Crippen LogP contribution in [0, 0.1) is 0 Å². The van der Waals surface area contributed by atoms with Crippen LogP contribution in [0.15, 0.2) is 0 Å². The lowest BCUT2D eigenvalue weighted by Gasteiger charge is -2.20. The Hall–Kier alpha value is -0.610. The number of aliphatic hydroxyl groups excluding tert-OH is 1. The van der Waals surface area contributed by atoms with E-state index in [1.807, 2.05) is 0 Å². The summed E-state index contributed by atoms with van der Waals surface area (Å²) in [6.07, 6.45) is 5.61. The molecule has 1 saturated heterocycles. The minimum atomic E-state index is -0.868. The largest absolute Gasteiger partial charge is 0.382 e. The Bertz CT molecular complexity index is 221. The molecule has 0 radical (unpaired) electrons. The second-order valence-corrected chi connectivity index (χ2v) is 4.64. The number of rotatable bonds is 3. The summed E-state index contributed by atoms with van der Waals surface area (Å²) in [7, 11) is 0. The van der Waals surface area contributed by atoms with Gasteiger partial charge in [-0.05, 0) is 32.2 Å². The summed E-state index contributed by atoms with van der Waals surface area (Å²) in [6.45, 7) is 0.915. The second kappa shape index (κ2) is 4.94. The average molecular weight is 212 g/mol. The average Bonchev–Trinajstić information content (AvgIpc) is 2.88. The van der Waals surface area contributed by atoms with E-state index in [1.165, 1.54) is 12.8 Å². The fourth-order valence-corrected chi connectivity index (χ4v) is 2.52. The van der Waals surface area contributed by atoms with Crippen molar-refractivity contribution in [3.63, 3.8) is 0 Å². The van der Waals surface area contributed by atoms with E-state index in [2.05, 4.69) is 10.6 Å². The quantitative estimate of drug-likeness (QED) is 0.624. The highest BCUT2D eigenvalue weighted by Crippen LogP contribution is 2.18. The molecule has 2 atom stereocenters. The topological polar surface area (TPSA) is 61.4 Å². The van der Waals surface area contributed by atoms with Crippen LogP contribution in [0.1, 0.15) is 38.5 Å². The summed E-state index contributed by atoms with van der Waals surface area (Å²) in [4.78, 5) is 11.7. The minimum Gasteiger partial charge on any atom is -0.382 e. The van der Waals surface area contributed by atoms with Gasteiger partial charge in [0.15, 0.2) is 0 Å². The van der Waals surface area contributed by atoms with E-state index in [1.54, 1.807) is 0 Å². The summed E-state index contributed by atoms with van der Waals surface area (Å²) >= 11 is 0. The minimum absolute atomic E-state index is 0.0357. The third-order valence-corrected chi connectivity index (χ3v) is 3.45. The Kier molecular flexibility index (Phi) is 3.59. The van der Waals surface area contributed by atoms with Crippen molar-refractivity contribution in [2.24, 2.45) is 0 Å². The van der Waals surface area contributed by atoms with Crippen LogP contribution in [-0.2, 0) is 4.79 Å². The van der Waals surface area contributed by atoms with Crippen LogP contribution in [0.2, 0.25) is 0 Å². The molecule has 4 heteroatoms. The van der Waals surface area contributed by atoms with E-state index in [-0.39, 0.29) is 11.9 Å². The maximum atomic E-state index is 11.7. The molecule has 1 aliphatic heterocycles. The number of carbonyl (C=O) groups is 1. The number of nitrogens with one attached hydrogen (secondary N) is 2. The van der Waals surface area contributed by atoms with Crippen LogP contribution in [-0.4, -0.2) is 35.7 Å². The van der Waals surface area contributed by atoms with Crippen molar-refractivity contribution in [3.8, 4) is 0 Å². The van der Waals surface area contributed by atoms with Gasteiger partial charge in [-0.15, -0.1) is 0 Å². The molecule has 2 aliphatic rings. The molecule has 2 unspecified atom stereocenters. The van der Waals surface area contributed by atoms with Gasteiger partial charge < -0.3 is 15.7 Å². The molecule has 0 aromatic rings. The fourth-order valence-electron chi connectivity index (χ4n) is 2.52. The molecule has 3 N–H and O–H groups in total. The predicted octanol–water partition coefficient (Wildman–Crippen LogP) is 0.158. The summed E-state index contributed by atoms with van der Waals surface area (Å²) < 4.78 is 0. The van der Waals surface area contributed by atoms with E-state index in [4.69, 9.17) is 0 Å². The molecule has 1 aliphatic carbocycles. The Morgan fingerprint density at radius 3 is 2.60 bits per heavy atom. The smallest absolute Gasteiger partial charge is 0.250 e. The van der Waals surface area contributed by atoms with Gasteiger partial charge in [-0.2, -0.15) is 0 Å². The van der Waals surface area contributed by atoms with Gasteiger partial charge in [-0.1, -0.05) is 12.8 Å². The third kappa shape index (κ3) is 2.69. The third-order valence-electron chi connectivity index (χ3n) is 3.45. The first-order valence-electron chi connectivity index (χ1n) is 5.99. The van der Waals surface area contributed by atoms with Crippen molar-refractivity contribution < 1.29 is 9.90 Å². The maximum absolute atomic E-state index is 11.7. The van der Waals surface area contributed by atoms with Crippen LogP contribution < -0.4 is 10.6 Å². The zero-order chi connectivity index (χ0) is 10.7. The van der Waals surface area contributed by atoms with E-state index in [0.717, 1.165) is 32.2 Å². The summed E-state index contributed by atoms with van der Waals surface area (Å²) in [5.74, 6) is -0.193. The highest BCUT2D eigenvalue weighted by atomic mass is 16.3. The molecule has 0 aromatic carbocycles. The standard InChI is InChI=1S/C11H20N2O2/c14-10(9-6-3-7-12-9)11(15)13-8-4-1-2-5-8/h8-10,12,14H,1-7H2,(H,13,15). The molecule has 2 rings (SSSR count). The molecule has 2 fully saturated rings. The van der Waals surface area contributed by atoms with Crippen molar-refractivity contribution >= 4 is 5.91 Å². The molecule has 1 saturated carbocycles. The molecule has 1 amide bonds. The Labute approximate surface area is 90.4 Å². The highest BCUT2D eigenvalue weighted by molar-refractivity contribution is 5.81. The molecule has 15 heavy (non-hydrogen) atoms. The van der Waals surface area contributed by atoms with Crippen molar-refractivity contribution in [1.29, 1.82) is 0 Å². The summed E-state index contributed by atoms with van der Waals surface area (Å²) in [5, 5.41) is 15.9. The van der Waals surface area contributed by atoms with Gasteiger partial charge in [0.25, 0.3) is 5.91 Å². The SMILES string of the molecule is O=C(NC1CCCC1)C(O)C1CCCN1. The summed E-state index contributed by atoms with van der Waals surface area (Å²) in [6, 6.07) is 0.264. The number of carbonyl (C=O) groups excluding carboxylic acids is 1. The van der Waals surface area contributed by atoms with Crippen LogP contribution in [0.4, 0.5) is 0 Å². The second-order valence-electron chi connectivity index (χ2n) is 4.64. The maximum Gasteiger partial charge on any atom is 0.250 e. The van der Waals surface area contributed by atoms with Gasteiger partial charge in [-0.25, -0.2) is 0 Å². The Morgan fingerprint density at radius 1 is 1.27 bits per heavy atom. The first-order chi connectivity index (χ1) is 7.27. The van der Waals surface area contributed by atoms with E-state index in [9.17, 15) is 9.90 Å². The van der Waals surface area contributed by atoms with Gasteiger partial charge in [-0.3, -0.25) is 4.79 Å². The van der Waals surface area contributed by atoms with E-state index in [0.29, 0.717) is 6.04 Å². The number of aliphatic hydroxyl groups is 1. The Morgan fingerprint density at radius 2 is 2.00 bits per heavy atom. The zero-order valence-corrected chi connectivity index (χ0v) is 9.04. The fraction of sp³-hybridized carbons (Fsp3) is 0.909. The van der Waals surface area contributed by atoms with Gasteiger partial charge >= 0.3 is 0 Å². The highest BCUT2D eigenvalue weighted by Gasteiger charge is 2.29. The van der Waals surface area contributed by atoms with Gasteiger partial charge in [0.1, 0.15) is 6.10 Å². The Balaban J connectivity index is 1.78. The van der Waals surface area contributed by atoms with Crippen molar-refractivity contribution in [2.75, 3.05) is 6.54 Å². The van der Waals surface area contributed by atoms with E-state index < -0.39 is 6.10 Å². The predicted molar refractivity (Wildman–Crippen MR) is 57.4 cm³/mol. The van der Waals surface area contributed by atoms with Crippen LogP contribution in [0.25, 0.3) is 0 Å². The molecule has 0 spiro atoms. The van der Waals surface area contributed by atoms with E-state index >= 15 is 0 Å². The van der Waals surface area contributed by atoms with Gasteiger partial charge in [0.2, 0.25) is 0 Å². The molecule has 86 valence electrons. The molecular formula is C11H20N2O2. The monoisotopic (exact) mass is 212 g/mol. The molecule has 4 nitrogen and oxygen atoms in total. The van der Waals surface area contributed by atoms with Crippen molar-refractivity contribution in [3.05, 3.63) is 0 Å². The van der Waals surface area contributed by atoms with Crippen molar-refractivity contribution in [1.82, 2.24) is 10.6 Å². The first kappa shape index (κ1) is 10.9. The molecule has 1 heterocycles. The van der Waals surface area contributed by atoms with Gasteiger partial charge in [0, 0.05) is 12.1 Å². The summed E-state index contributed by atoms with van der Waals surface area (Å²) in [5.41, 5.74) is 0. The zero-order valence-electron chi connectivity index (χ0n) is 9.04. The normalized spacial score (nSPS) is 29.3. The lowest BCUT2D eigenvalue weighted by Crippen LogP contribution is -2.48. The number of amides is 1. The number of hydrogen-bond donors (Lipinski definition) is 3. The van der Waals surface area contributed by atoms with Crippen LogP contribution >= 0.6 is 0 Å². The van der Waals surface area contributed by atoms with Crippen molar-refractivity contribution in [2.45, 2.75) is 56.7 Å². The molecular weight excluding hydrogens is 192 g/mol. The van der Waals surface area contributed by atoms with Crippen LogP contribution in [0.3, 0.4) is 0 Å². The van der Waals surface area contributed by atoms with Crippen LogP contribution in [0.5, 0.6) is 0 Å². The lowest BCUT2D eigenvalue weighted by atomic mass is 10.1. The lowest BCUT2D eigenvalue weighted by molar-refractivity contribution is -0.131. The molecule has 0 aromatic heterocycles.